The fraction of sp³-hybridized carbons (Fsp3) is 0.333. The van der Waals surface area contributed by atoms with Gasteiger partial charge in [0.05, 0.1) is 15.6 Å². The maximum absolute atomic E-state index is 13.4. The van der Waals surface area contributed by atoms with Crippen LogP contribution in [0.25, 0.3) is 0 Å². The number of aliphatic hydroxyl groups is 1. The van der Waals surface area contributed by atoms with Gasteiger partial charge in [0.1, 0.15) is 17.4 Å². The zero-order chi connectivity index (χ0) is 11.1. The first-order chi connectivity index (χ1) is 6.25. The number of benzene rings is 1. The summed E-state index contributed by atoms with van der Waals surface area (Å²) in [6, 6.07) is 0.750. The van der Waals surface area contributed by atoms with Crippen molar-refractivity contribution in [3.8, 4) is 5.75 Å². The summed E-state index contributed by atoms with van der Waals surface area (Å²) in [4.78, 5) is 0. The van der Waals surface area contributed by atoms with Gasteiger partial charge in [-0.25, -0.2) is 8.78 Å². The van der Waals surface area contributed by atoms with E-state index in [4.69, 9.17) is 5.11 Å². The second-order valence-electron chi connectivity index (χ2n) is 3.44. The molecule has 2 nitrogen and oxygen atoms in total. The molecule has 0 aliphatic rings. The first-order valence-corrected chi connectivity index (χ1v) is 4.63. The first kappa shape index (κ1) is 11.4. The molecule has 0 fully saturated rings. The van der Waals surface area contributed by atoms with Gasteiger partial charge in [0.2, 0.25) is 0 Å². The predicted octanol–water partition coefficient (Wildman–Crippen LogP) is 2.66. The Bertz CT molecular complexity index is 372. The van der Waals surface area contributed by atoms with E-state index in [9.17, 15) is 13.9 Å². The number of hydrogen-bond donors (Lipinski definition) is 2. The van der Waals surface area contributed by atoms with E-state index in [1.165, 1.54) is 13.8 Å². The van der Waals surface area contributed by atoms with Gasteiger partial charge >= 0.3 is 0 Å². The van der Waals surface area contributed by atoms with Crippen molar-refractivity contribution in [1.29, 1.82) is 0 Å². The van der Waals surface area contributed by atoms with E-state index in [1.54, 1.807) is 0 Å². The Morgan fingerprint density at radius 2 is 1.86 bits per heavy atom. The Morgan fingerprint density at radius 3 is 2.29 bits per heavy atom. The number of halogens is 3. The molecule has 2 N–H and O–H groups in total. The van der Waals surface area contributed by atoms with Crippen LogP contribution in [0.4, 0.5) is 8.78 Å². The molecule has 0 saturated heterocycles. The van der Waals surface area contributed by atoms with Crippen LogP contribution in [0, 0.1) is 11.6 Å². The summed E-state index contributed by atoms with van der Waals surface area (Å²) in [5, 5.41) is 18.5. The highest BCUT2D eigenvalue weighted by Gasteiger charge is 2.28. The lowest BCUT2D eigenvalue weighted by Gasteiger charge is -2.20. The molecule has 0 saturated carbocycles. The molecule has 0 amide bonds. The number of rotatable bonds is 1. The molecule has 1 rings (SSSR count). The van der Waals surface area contributed by atoms with Crippen molar-refractivity contribution in [1.82, 2.24) is 0 Å². The van der Waals surface area contributed by atoms with Crippen molar-refractivity contribution in [2.75, 3.05) is 0 Å². The molecule has 0 aliphatic heterocycles. The topological polar surface area (TPSA) is 40.5 Å². The first-order valence-electron chi connectivity index (χ1n) is 3.84. The summed E-state index contributed by atoms with van der Waals surface area (Å²) in [5.41, 5.74) is -2.10. The summed E-state index contributed by atoms with van der Waals surface area (Å²) in [5.74, 6) is -2.50. The largest absolute Gasteiger partial charge is 0.507 e. The quantitative estimate of drug-likeness (QED) is 0.768. The van der Waals surface area contributed by atoms with Gasteiger partial charge in [-0.2, -0.15) is 0 Å². The Labute approximate surface area is 88.3 Å². The lowest BCUT2D eigenvalue weighted by Crippen LogP contribution is -2.20. The molecule has 78 valence electrons. The molecule has 0 heterocycles. The molecule has 0 bridgehead atoms. The molecule has 5 heteroatoms. The third kappa shape index (κ3) is 1.88. The summed E-state index contributed by atoms with van der Waals surface area (Å²) >= 11 is 2.75. The van der Waals surface area contributed by atoms with E-state index in [0.717, 1.165) is 6.07 Å². The van der Waals surface area contributed by atoms with Crippen LogP contribution in [-0.2, 0) is 5.60 Å². The molecule has 0 spiro atoms. The molecule has 0 radical (unpaired) electrons. The summed E-state index contributed by atoms with van der Waals surface area (Å²) in [7, 11) is 0. The third-order valence-electron chi connectivity index (χ3n) is 1.75. The van der Waals surface area contributed by atoms with Gasteiger partial charge in [0.15, 0.2) is 0 Å². The van der Waals surface area contributed by atoms with Crippen LogP contribution < -0.4 is 0 Å². The van der Waals surface area contributed by atoms with Gasteiger partial charge in [-0.15, -0.1) is 0 Å². The zero-order valence-corrected chi connectivity index (χ0v) is 9.19. The average molecular weight is 267 g/mol. The van der Waals surface area contributed by atoms with E-state index in [2.05, 4.69) is 15.9 Å². The van der Waals surface area contributed by atoms with Crippen molar-refractivity contribution in [2.24, 2.45) is 0 Å². The third-order valence-corrected chi connectivity index (χ3v) is 2.51. The SMILES string of the molecule is CC(C)(O)c1c(F)cc(O)c(Br)c1F. The summed E-state index contributed by atoms with van der Waals surface area (Å²) in [6.07, 6.45) is 0. The van der Waals surface area contributed by atoms with Crippen LogP contribution in [0.2, 0.25) is 0 Å². The van der Waals surface area contributed by atoms with E-state index in [-0.39, 0.29) is 4.47 Å². The van der Waals surface area contributed by atoms with Crippen molar-refractivity contribution in [3.63, 3.8) is 0 Å². The molecule has 0 atom stereocenters. The minimum absolute atomic E-state index is 0.254. The smallest absolute Gasteiger partial charge is 0.150 e. The molecular weight excluding hydrogens is 258 g/mol. The Morgan fingerprint density at radius 1 is 1.36 bits per heavy atom. The number of aromatic hydroxyl groups is 1. The van der Waals surface area contributed by atoms with Crippen LogP contribution in [0.5, 0.6) is 5.75 Å². The number of hydrogen-bond acceptors (Lipinski definition) is 2. The monoisotopic (exact) mass is 266 g/mol. The van der Waals surface area contributed by atoms with Crippen molar-refractivity contribution >= 4 is 15.9 Å². The van der Waals surface area contributed by atoms with Gasteiger partial charge in [-0.1, -0.05) is 0 Å². The van der Waals surface area contributed by atoms with Crippen LogP contribution in [-0.4, -0.2) is 10.2 Å². The van der Waals surface area contributed by atoms with Gasteiger partial charge in [0.25, 0.3) is 0 Å². The lowest BCUT2D eigenvalue weighted by atomic mass is 9.97. The highest BCUT2D eigenvalue weighted by molar-refractivity contribution is 9.10. The molecular formula is C9H9BrF2O2. The van der Waals surface area contributed by atoms with E-state index < -0.39 is 28.5 Å². The van der Waals surface area contributed by atoms with Gasteiger partial charge < -0.3 is 10.2 Å². The molecule has 0 aromatic heterocycles. The van der Waals surface area contributed by atoms with Gasteiger partial charge in [0, 0.05) is 6.07 Å². The standard InChI is InChI=1S/C9H9BrF2O2/c1-9(2,14)6-4(11)3-5(13)7(10)8(6)12/h3,13-14H,1-2H3. The maximum Gasteiger partial charge on any atom is 0.150 e. The fourth-order valence-electron chi connectivity index (χ4n) is 1.14. The normalized spacial score (nSPS) is 11.9. The molecule has 0 unspecified atom stereocenters. The van der Waals surface area contributed by atoms with Crippen molar-refractivity contribution in [2.45, 2.75) is 19.4 Å². The van der Waals surface area contributed by atoms with E-state index >= 15 is 0 Å². The Kier molecular flexibility index (Phi) is 2.83. The minimum Gasteiger partial charge on any atom is -0.507 e. The Balaban J connectivity index is 3.53. The highest BCUT2D eigenvalue weighted by atomic mass is 79.9. The molecule has 14 heavy (non-hydrogen) atoms. The van der Waals surface area contributed by atoms with E-state index in [0.29, 0.717) is 0 Å². The Hall–Kier alpha value is -0.680. The predicted molar refractivity (Wildman–Crippen MR) is 51.0 cm³/mol. The summed E-state index contributed by atoms with van der Waals surface area (Å²) in [6.45, 7) is 2.52. The van der Waals surface area contributed by atoms with Crippen LogP contribution in [0.3, 0.4) is 0 Å². The summed E-state index contributed by atoms with van der Waals surface area (Å²) < 4.78 is 26.4. The van der Waals surface area contributed by atoms with Crippen LogP contribution in [0.1, 0.15) is 19.4 Å². The van der Waals surface area contributed by atoms with Crippen LogP contribution >= 0.6 is 15.9 Å². The number of phenolic OH excluding ortho intramolecular Hbond substituents is 1. The zero-order valence-electron chi connectivity index (χ0n) is 7.61. The number of phenols is 1. The van der Waals surface area contributed by atoms with Gasteiger partial charge in [-0.3, -0.25) is 0 Å². The van der Waals surface area contributed by atoms with Gasteiger partial charge in [-0.05, 0) is 29.8 Å². The van der Waals surface area contributed by atoms with Crippen molar-refractivity contribution < 1.29 is 19.0 Å². The maximum atomic E-state index is 13.4. The fourth-order valence-corrected chi connectivity index (χ4v) is 1.46. The lowest BCUT2D eigenvalue weighted by molar-refractivity contribution is 0.0699. The molecule has 0 aliphatic carbocycles. The molecule has 1 aromatic carbocycles. The van der Waals surface area contributed by atoms with Crippen molar-refractivity contribution in [3.05, 3.63) is 27.7 Å². The second kappa shape index (κ2) is 3.47. The molecule has 1 aromatic rings. The van der Waals surface area contributed by atoms with Crippen LogP contribution in [0.15, 0.2) is 10.5 Å². The average Bonchev–Trinajstić information content (AvgIpc) is 1.97. The minimum atomic E-state index is -1.63. The highest BCUT2D eigenvalue weighted by Crippen LogP contribution is 2.35. The van der Waals surface area contributed by atoms with E-state index in [1.807, 2.05) is 0 Å². The second-order valence-corrected chi connectivity index (χ2v) is 4.23.